The van der Waals surface area contributed by atoms with Crippen molar-refractivity contribution in [3.05, 3.63) is 40.5 Å². The zero-order valence-corrected chi connectivity index (χ0v) is 10.9. The third-order valence-electron chi connectivity index (χ3n) is 3.82. The van der Waals surface area contributed by atoms with Crippen LogP contribution in [0.3, 0.4) is 0 Å². The summed E-state index contributed by atoms with van der Waals surface area (Å²) < 4.78 is 0. The van der Waals surface area contributed by atoms with E-state index in [1.165, 1.54) is 0 Å². The van der Waals surface area contributed by atoms with Crippen molar-refractivity contribution < 1.29 is 0 Å². The first-order valence-electron chi connectivity index (χ1n) is 6.29. The summed E-state index contributed by atoms with van der Waals surface area (Å²) in [6, 6.07) is 7.86. The Morgan fingerprint density at radius 1 is 1.28 bits per heavy atom. The predicted octanol–water partition coefficient (Wildman–Crippen LogP) is 2.72. The van der Waals surface area contributed by atoms with E-state index >= 15 is 0 Å². The first kappa shape index (κ1) is 11.6. The molecule has 1 aromatic rings. The molecule has 3 heterocycles. The van der Waals surface area contributed by atoms with Crippen molar-refractivity contribution in [3.8, 4) is 0 Å². The fourth-order valence-corrected chi connectivity index (χ4v) is 3.03. The van der Waals surface area contributed by atoms with Gasteiger partial charge < -0.3 is 10.7 Å². The normalized spacial score (nSPS) is 24.2. The number of hydrogen-bond acceptors (Lipinski definition) is 3. The Balaban J connectivity index is 2.02. The third kappa shape index (κ3) is 1.89. The molecule has 2 N–H and O–H groups in total. The summed E-state index contributed by atoms with van der Waals surface area (Å²) in [6.45, 7) is 2.19. The summed E-state index contributed by atoms with van der Waals surface area (Å²) in [5, 5.41) is 4.77. The highest BCUT2D eigenvalue weighted by Crippen LogP contribution is 2.33. The number of fused-ring (bicyclic) bond motifs is 3. The summed E-state index contributed by atoms with van der Waals surface area (Å²) in [5.41, 5.74) is 3.21. The van der Waals surface area contributed by atoms with Gasteiger partial charge in [-0.05, 0) is 30.5 Å². The van der Waals surface area contributed by atoms with Crippen LogP contribution in [0.1, 0.15) is 18.4 Å². The van der Waals surface area contributed by atoms with Gasteiger partial charge in [0.25, 0.3) is 0 Å². The minimum atomic E-state index is 0.522. The van der Waals surface area contributed by atoms with E-state index in [1.807, 2.05) is 24.3 Å². The topological polar surface area (TPSA) is 41.6 Å². The Morgan fingerprint density at radius 2 is 2.00 bits per heavy atom. The molecule has 0 radical (unpaired) electrons. The smallest absolute Gasteiger partial charge is 0.0865 e. The van der Waals surface area contributed by atoms with Gasteiger partial charge in [-0.3, -0.25) is 0 Å². The zero-order chi connectivity index (χ0) is 12.5. The van der Waals surface area contributed by atoms with E-state index in [2.05, 4.69) is 16.1 Å². The Kier molecular flexibility index (Phi) is 3.00. The molecule has 3 aliphatic rings. The largest absolute Gasteiger partial charge is 0.370 e. The van der Waals surface area contributed by atoms with E-state index in [1.54, 1.807) is 0 Å². The minimum absolute atomic E-state index is 0.522. The van der Waals surface area contributed by atoms with Gasteiger partial charge in [0.1, 0.15) is 0 Å². The molecule has 0 atom stereocenters. The summed E-state index contributed by atoms with van der Waals surface area (Å²) in [6.07, 6.45) is 4.44. The predicted molar refractivity (Wildman–Crippen MR) is 75.3 cm³/mol. The van der Waals surface area contributed by atoms with E-state index < -0.39 is 0 Å². The first-order chi connectivity index (χ1) is 8.79. The molecular formula is C14H16ClN3. The van der Waals surface area contributed by atoms with E-state index in [0.29, 0.717) is 5.92 Å². The number of hydrogen-bond donors (Lipinski definition) is 1. The number of piperidine rings is 3. The van der Waals surface area contributed by atoms with Crippen LogP contribution in [0.5, 0.6) is 0 Å². The van der Waals surface area contributed by atoms with Gasteiger partial charge in [0.2, 0.25) is 0 Å². The van der Waals surface area contributed by atoms with Gasteiger partial charge in [-0.1, -0.05) is 29.8 Å². The van der Waals surface area contributed by atoms with Gasteiger partial charge in [0.05, 0.1) is 11.4 Å². The second kappa shape index (κ2) is 4.65. The Hall–Kier alpha value is -1.48. The fourth-order valence-electron chi connectivity index (χ4n) is 2.84. The average Bonchev–Trinajstić information content (AvgIpc) is 2.42. The van der Waals surface area contributed by atoms with Crippen LogP contribution in [-0.2, 0) is 0 Å². The molecule has 0 aliphatic carbocycles. The lowest BCUT2D eigenvalue weighted by molar-refractivity contribution is 0.242. The molecule has 3 aliphatic heterocycles. The molecule has 94 valence electrons. The van der Waals surface area contributed by atoms with E-state index in [9.17, 15) is 0 Å². The highest BCUT2D eigenvalue weighted by atomic mass is 35.5. The van der Waals surface area contributed by atoms with E-state index in [4.69, 9.17) is 17.4 Å². The van der Waals surface area contributed by atoms with Gasteiger partial charge >= 0.3 is 0 Å². The maximum Gasteiger partial charge on any atom is 0.0865 e. The van der Waals surface area contributed by atoms with Crippen LogP contribution >= 0.6 is 11.6 Å². The van der Waals surface area contributed by atoms with Gasteiger partial charge in [-0.2, -0.15) is 5.10 Å². The molecule has 2 bridgehead atoms. The molecule has 3 nitrogen and oxygen atoms in total. The number of benzene rings is 1. The molecule has 0 saturated carbocycles. The molecule has 4 rings (SSSR count). The lowest BCUT2D eigenvalue weighted by atomic mass is 9.83. The number of rotatable bonds is 1. The van der Waals surface area contributed by atoms with Crippen molar-refractivity contribution in [2.75, 3.05) is 13.1 Å². The van der Waals surface area contributed by atoms with Gasteiger partial charge in [-0.15, -0.1) is 0 Å². The molecule has 4 heteroatoms. The second-order valence-electron chi connectivity index (χ2n) is 4.83. The number of halogens is 1. The highest BCUT2D eigenvalue weighted by molar-refractivity contribution is 6.32. The Morgan fingerprint density at radius 3 is 2.67 bits per heavy atom. The number of hydrazone groups is 1. The van der Waals surface area contributed by atoms with Crippen molar-refractivity contribution in [2.45, 2.75) is 12.8 Å². The second-order valence-corrected chi connectivity index (χ2v) is 5.23. The highest BCUT2D eigenvalue weighted by Gasteiger charge is 2.34. The number of nitrogens with two attached hydrogens (primary N) is 1. The van der Waals surface area contributed by atoms with Crippen LogP contribution in [0.2, 0.25) is 5.02 Å². The lowest BCUT2D eigenvalue weighted by Crippen LogP contribution is -2.46. The van der Waals surface area contributed by atoms with Crippen LogP contribution in [0.15, 0.2) is 35.1 Å². The minimum Gasteiger partial charge on any atom is -0.370 e. The summed E-state index contributed by atoms with van der Waals surface area (Å²) >= 11 is 6.20. The van der Waals surface area contributed by atoms with Crippen molar-refractivity contribution in [3.63, 3.8) is 0 Å². The standard InChI is InChI=1S/C14H16ClN3/c15-12-4-2-1-3-11(12)9-13-14(17-16)10-5-7-18(13)8-6-10/h1-4,9-10H,5-8,16H2. The van der Waals surface area contributed by atoms with Crippen LogP contribution < -0.4 is 5.84 Å². The molecule has 1 aromatic carbocycles. The molecule has 3 fully saturated rings. The SMILES string of the molecule is NN=C1C(=Cc2ccccc2Cl)N2CCC1CC2. The number of nitrogens with zero attached hydrogens (tertiary/aromatic N) is 2. The summed E-state index contributed by atoms with van der Waals surface area (Å²) in [7, 11) is 0. The average molecular weight is 262 g/mol. The monoisotopic (exact) mass is 261 g/mol. The molecule has 0 aromatic heterocycles. The van der Waals surface area contributed by atoms with Gasteiger partial charge in [0.15, 0.2) is 0 Å². The van der Waals surface area contributed by atoms with Crippen LogP contribution in [-0.4, -0.2) is 23.7 Å². The molecule has 18 heavy (non-hydrogen) atoms. The van der Waals surface area contributed by atoms with Crippen LogP contribution in [0.25, 0.3) is 6.08 Å². The van der Waals surface area contributed by atoms with Gasteiger partial charge in [0, 0.05) is 24.0 Å². The quantitative estimate of drug-likeness (QED) is 0.624. The number of allylic oxidation sites excluding steroid dienone is 1. The molecule has 0 amide bonds. The summed E-state index contributed by atoms with van der Waals surface area (Å²) in [4.78, 5) is 2.36. The maximum atomic E-state index is 6.20. The lowest BCUT2D eigenvalue weighted by Gasteiger charge is -2.43. The van der Waals surface area contributed by atoms with E-state index in [-0.39, 0.29) is 0 Å². The van der Waals surface area contributed by atoms with Crippen molar-refractivity contribution in [1.29, 1.82) is 0 Å². The van der Waals surface area contributed by atoms with Crippen molar-refractivity contribution in [1.82, 2.24) is 4.90 Å². The fraction of sp³-hybridized carbons (Fsp3) is 0.357. The molecular weight excluding hydrogens is 246 g/mol. The third-order valence-corrected chi connectivity index (χ3v) is 4.17. The Bertz CT molecular complexity index is 514. The Labute approximate surface area is 112 Å². The zero-order valence-electron chi connectivity index (χ0n) is 10.1. The van der Waals surface area contributed by atoms with E-state index in [0.717, 1.165) is 47.9 Å². The van der Waals surface area contributed by atoms with Crippen molar-refractivity contribution in [2.24, 2.45) is 16.9 Å². The maximum absolute atomic E-state index is 6.20. The molecule has 0 unspecified atom stereocenters. The molecule has 3 saturated heterocycles. The molecule has 0 spiro atoms. The van der Waals surface area contributed by atoms with Crippen LogP contribution in [0, 0.1) is 5.92 Å². The van der Waals surface area contributed by atoms with Crippen molar-refractivity contribution >= 4 is 23.4 Å². The first-order valence-corrected chi connectivity index (χ1v) is 6.66. The van der Waals surface area contributed by atoms with Gasteiger partial charge in [-0.25, -0.2) is 0 Å². The summed E-state index contributed by atoms with van der Waals surface area (Å²) in [5.74, 6) is 6.08. The van der Waals surface area contributed by atoms with Crippen LogP contribution in [0.4, 0.5) is 0 Å².